The van der Waals surface area contributed by atoms with Gasteiger partial charge in [0.25, 0.3) is 0 Å². The van der Waals surface area contributed by atoms with E-state index in [1.807, 2.05) is 0 Å². The number of anilines is 1. The summed E-state index contributed by atoms with van der Waals surface area (Å²) in [5.41, 5.74) is 7.07. The lowest BCUT2D eigenvalue weighted by molar-refractivity contribution is 0.279. The molecule has 0 bridgehead atoms. The van der Waals surface area contributed by atoms with Crippen LogP contribution in [0.15, 0.2) is 12.1 Å². The van der Waals surface area contributed by atoms with E-state index in [1.54, 1.807) is 16.8 Å². The van der Waals surface area contributed by atoms with Crippen molar-refractivity contribution in [2.24, 2.45) is 5.41 Å². The second kappa shape index (κ2) is 5.58. The molecule has 0 aliphatic carbocycles. The molecule has 2 rings (SSSR count). The third-order valence-electron chi connectivity index (χ3n) is 3.36. The molecule has 7 heteroatoms. The van der Waals surface area contributed by atoms with Crippen molar-refractivity contribution < 1.29 is 0 Å². The van der Waals surface area contributed by atoms with Crippen LogP contribution in [0.2, 0.25) is 10.0 Å². The van der Waals surface area contributed by atoms with Gasteiger partial charge in [-0.1, -0.05) is 44.0 Å². The van der Waals surface area contributed by atoms with Gasteiger partial charge in [-0.25, -0.2) is 4.68 Å². The minimum absolute atomic E-state index is 0.0841. The third-order valence-corrected chi connectivity index (χ3v) is 4.16. The Bertz CT molecular complexity index is 621. The number of tetrazole rings is 1. The van der Waals surface area contributed by atoms with Gasteiger partial charge >= 0.3 is 0 Å². The van der Waals surface area contributed by atoms with Gasteiger partial charge < -0.3 is 5.73 Å². The van der Waals surface area contributed by atoms with Crippen LogP contribution in [0.25, 0.3) is 11.4 Å². The first-order chi connectivity index (χ1) is 9.34. The van der Waals surface area contributed by atoms with Crippen molar-refractivity contribution in [3.63, 3.8) is 0 Å². The molecule has 0 unspecified atom stereocenters. The Hall–Kier alpha value is -1.33. The highest BCUT2D eigenvalue weighted by Gasteiger charge is 2.21. The SMILES string of the molecule is CCC(C)(C)Cn1nnnc1-c1cc(N)cc(Cl)c1Cl. The normalized spacial score (nSPS) is 11.8. The summed E-state index contributed by atoms with van der Waals surface area (Å²) in [7, 11) is 0. The molecule has 0 fully saturated rings. The van der Waals surface area contributed by atoms with E-state index in [0.29, 0.717) is 33.7 Å². The van der Waals surface area contributed by atoms with Gasteiger partial charge in [0.05, 0.1) is 16.6 Å². The Morgan fingerprint density at radius 1 is 1.30 bits per heavy atom. The number of nitrogen functional groups attached to an aromatic ring is 1. The lowest BCUT2D eigenvalue weighted by Gasteiger charge is -2.22. The first-order valence-corrected chi connectivity index (χ1v) is 7.10. The van der Waals surface area contributed by atoms with E-state index in [-0.39, 0.29) is 5.41 Å². The van der Waals surface area contributed by atoms with Crippen LogP contribution in [-0.4, -0.2) is 20.2 Å². The van der Waals surface area contributed by atoms with Gasteiger partial charge in [0, 0.05) is 11.3 Å². The molecule has 0 aliphatic heterocycles. The predicted octanol–water partition coefficient (Wildman–Crippen LogP) is 3.67. The quantitative estimate of drug-likeness (QED) is 0.874. The van der Waals surface area contributed by atoms with Gasteiger partial charge in [0.1, 0.15) is 0 Å². The number of hydrogen-bond acceptors (Lipinski definition) is 4. The molecule has 5 nitrogen and oxygen atoms in total. The average Bonchev–Trinajstić information content (AvgIpc) is 2.81. The highest BCUT2D eigenvalue weighted by molar-refractivity contribution is 6.43. The first-order valence-electron chi connectivity index (χ1n) is 6.35. The van der Waals surface area contributed by atoms with E-state index >= 15 is 0 Å². The molecule has 0 aliphatic rings. The maximum atomic E-state index is 6.24. The fraction of sp³-hybridized carbons (Fsp3) is 0.462. The van der Waals surface area contributed by atoms with Crippen LogP contribution in [-0.2, 0) is 6.54 Å². The maximum Gasteiger partial charge on any atom is 0.183 e. The van der Waals surface area contributed by atoms with Crippen molar-refractivity contribution >= 4 is 28.9 Å². The topological polar surface area (TPSA) is 69.6 Å². The Balaban J connectivity index is 2.48. The number of halogens is 2. The zero-order valence-electron chi connectivity index (χ0n) is 11.7. The molecule has 1 heterocycles. The third kappa shape index (κ3) is 3.04. The standard InChI is InChI=1S/C13H17Cl2N5/c1-4-13(2,3)7-20-12(17-18-19-20)9-5-8(16)6-10(14)11(9)15/h5-6H,4,7,16H2,1-3H3. The Morgan fingerprint density at radius 3 is 2.65 bits per heavy atom. The van der Waals surface area contributed by atoms with Gasteiger partial charge in [-0.3, -0.25) is 0 Å². The number of benzene rings is 1. The van der Waals surface area contributed by atoms with Crippen LogP contribution in [0.5, 0.6) is 0 Å². The molecule has 0 atom stereocenters. The van der Waals surface area contributed by atoms with E-state index in [4.69, 9.17) is 28.9 Å². The van der Waals surface area contributed by atoms with Crippen LogP contribution < -0.4 is 5.73 Å². The molecule has 108 valence electrons. The van der Waals surface area contributed by atoms with Gasteiger partial charge in [0.2, 0.25) is 0 Å². The highest BCUT2D eigenvalue weighted by Crippen LogP contribution is 2.35. The zero-order chi connectivity index (χ0) is 14.9. The zero-order valence-corrected chi connectivity index (χ0v) is 13.2. The summed E-state index contributed by atoms with van der Waals surface area (Å²) < 4.78 is 1.74. The molecular formula is C13H17Cl2N5. The number of rotatable bonds is 4. The number of nitrogens with zero attached hydrogens (tertiary/aromatic N) is 4. The van der Waals surface area contributed by atoms with Crippen molar-refractivity contribution in [3.05, 3.63) is 22.2 Å². The van der Waals surface area contributed by atoms with Crippen molar-refractivity contribution in [2.45, 2.75) is 33.7 Å². The van der Waals surface area contributed by atoms with Gasteiger partial charge in [-0.05, 0) is 34.4 Å². The summed E-state index contributed by atoms with van der Waals surface area (Å²) in [4.78, 5) is 0. The van der Waals surface area contributed by atoms with E-state index in [1.165, 1.54) is 0 Å². The molecule has 0 saturated heterocycles. The van der Waals surface area contributed by atoms with E-state index in [9.17, 15) is 0 Å². The van der Waals surface area contributed by atoms with Crippen molar-refractivity contribution in [3.8, 4) is 11.4 Å². The van der Waals surface area contributed by atoms with Gasteiger partial charge in [-0.2, -0.15) is 0 Å². The van der Waals surface area contributed by atoms with Gasteiger partial charge in [0.15, 0.2) is 5.82 Å². The average molecular weight is 314 g/mol. The van der Waals surface area contributed by atoms with Crippen molar-refractivity contribution in [1.82, 2.24) is 20.2 Å². The molecule has 1 aromatic heterocycles. The summed E-state index contributed by atoms with van der Waals surface area (Å²) in [6, 6.07) is 3.34. The van der Waals surface area contributed by atoms with Crippen LogP contribution in [0.4, 0.5) is 5.69 Å². The van der Waals surface area contributed by atoms with E-state index < -0.39 is 0 Å². The number of hydrogen-bond donors (Lipinski definition) is 1. The molecule has 1 aromatic carbocycles. The van der Waals surface area contributed by atoms with Crippen LogP contribution in [0.1, 0.15) is 27.2 Å². The van der Waals surface area contributed by atoms with Gasteiger partial charge in [-0.15, -0.1) is 5.10 Å². The second-order valence-corrected chi connectivity index (χ2v) is 6.33. The molecule has 2 aromatic rings. The molecule has 2 N–H and O–H groups in total. The van der Waals surface area contributed by atoms with E-state index in [2.05, 4.69) is 36.3 Å². The summed E-state index contributed by atoms with van der Waals surface area (Å²) in [6.07, 6.45) is 1.01. The molecule has 0 saturated carbocycles. The summed E-state index contributed by atoms with van der Waals surface area (Å²) in [5, 5.41) is 12.6. The van der Waals surface area contributed by atoms with Crippen molar-refractivity contribution in [1.29, 1.82) is 0 Å². The first kappa shape index (κ1) is 15.1. The molecule has 0 radical (unpaired) electrons. The Morgan fingerprint density at radius 2 is 2.00 bits per heavy atom. The number of nitrogens with two attached hydrogens (primary N) is 1. The van der Waals surface area contributed by atoms with E-state index in [0.717, 1.165) is 6.42 Å². The lowest BCUT2D eigenvalue weighted by Crippen LogP contribution is -2.20. The fourth-order valence-corrected chi connectivity index (χ4v) is 2.22. The Kier molecular flexibility index (Phi) is 4.20. The number of aromatic nitrogens is 4. The second-order valence-electron chi connectivity index (χ2n) is 5.54. The monoisotopic (exact) mass is 313 g/mol. The highest BCUT2D eigenvalue weighted by atomic mass is 35.5. The summed E-state index contributed by atoms with van der Waals surface area (Å²) >= 11 is 12.3. The summed E-state index contributed by atoms with van der Waals surface area (Å²) in [6.45, 7) is 7.14. The fourth-order valence-electron chi connectivity index (χ4n) is 1.79. The van der Waals surface area contributed by atoms with Crippen molar-refractivity contribution in [2.75, 3.05) is 5.73 Å². The smallest absolute Gasteiger partial charge is 0.183 e. The Labute approximate surface area is 128 Å². The lowest BCUT2D eigenvalue weighted by atomic mass is 9.90. The molecule has 0 spiro atoms. The van der Waals surface area contributed by atoms with Crippen LogP contribution in [0.3, 0.4) is 0 Å². The molecule has 0 amide bonds. The van der Waals surface area contributed by atoms with Crippen LogP contribution in [0, 0.1) is 5.41 Å². The maximum absolute atomic E-state index is 6.24. The van der Waals surface area contributed by atoms with Crippen LogP contribution >= 0.6 is 23.2 Å². The minimum Gasteiger partial charge on any atom is -0.399 e. The molecule has 20 heavy (non-hydrogen) atoms. The largest absolute Gasteiger partial charge is 0.399 e. The minimum atomic E-state index is 0.0841. The summed E-state index contributed by atoms with van der Waals surface area (Å²) in [5.74, 6) is 0.575. The molecular weight excluding hydrogens is 297 g/mol. The predicted molar refractivity (Wildman–Crippen MR) is 81.8 cm³/mol.